The summed E-state index contributed by atoms with van der Waals surface area (Å²) in [5, 5.41) is 3.94. The number of rotatable bonds is 3. The van der Waals surface area contributed by atoms with Gasteiger partial charge in [-0.15, -0.1) is 0 Å². The van der Waals surface area contributed by atoms with E-state index in [0.717, 1.165) is 24.9 Å². The summed E-state index contributed by atoms with van der Waals surface area (Å²) in [6.07, 6.45) is 6.68. The first-order valence-corrected chi connectivity index (χ1v) is 8.84. The van der Waals surface area contributed by atoms with Crippen molar-refractivity contribution >= 4 is 34.8 Å². The Balaban J connectivity index is 1.53. The maximum absolute atomic E-state index is 12.2. The fourth-order valence-electron chi connectivity index (χ4n) is 3.80. The number of carbonyl (C=O) groups excluding carboxylic acids is 1. The molecule has 1 saturated carbocycles. The van der Waals surface area contributed by atoms with Crippen LogP contribution in [0.1, 0.15) is 32.1 Å². The summed E-state index contributed by atoms with van der Waals surface area (Å²) in [7, 11) is 0. The fourth-order valence-corrected chi connectivity index (χ4v) is 4.26. The molecule has 1 aromatic carbocycles. The van der Waals surface area contributed by atoms with Crippen molar-refractivity contribution in [2.24, 2.45) is 11.8 Å². The molecule has 3 nitrogen and oxygen atoms in total. The van der Waals surface area contributed by atoms with E-state index in [2.05, 4.69) is 10.2 Å². The standard InChI is InChI=1S/C17H22Cl2N2O/c18-14-5-6-16(15(19)9-14)20-17(22)11-21-8-7-12-3-1-2-4-13(12)10-21/h5-6,9,12-13H,1-4,7-8,10-11H2,(H,20,22)/t12-,13-/m0/s1. The zero-order valence-corrected chi connectivity index (χ0v) is 14.2. The molecular formula is C17H22Cl2N2O. The third kappa shape index (κ3) is 3.95. The first-order valence-electron chi connectivity index (χ1n) is 8.09. The Bertz CT molecular complexity index is 549. The van der Waals surface area contributed by atoms with Crippen LogP contribution in [-0.2, 0) is 4.79 Å². The van der Waals surface area contributed by atoms with Crippen LogP contribution in [0.25, 0.3) is 0 Å². The lowest BCUT2D eigenvalue weighted by atomic mass is 9.75. The topological polar surface area (TPSA) is 32.3 Å². The number of nitrogens with zero attached hydrogens (tertiary/aromatic N) is 1. The van der Waals surface area contributed by atoms with Gasteiger partial charge in [-0.1, -0.05) is 42.5 Å². The Morgan fingerprint density at radius 2 is 1.95 bits per heavy atom. The number of nitrogens with one attached hydrogen (secondary N) is 1. The van der Waals surface area contributed by atoms with Crippen molar-refractivity contribution in [2.45, 2.75) is 32.1 Å². The lowest BCUT2D eigenvalue weighted by Gasteiger charge is -2.41. The van der Waals surface area contributed by atoms with Gasteiger partial charge in [-0.25, -0.2) is 0 Å². The van der Waals surface area contributed by atoms with Gasteiger partial charge in [0.1, 0.15) is 0 Å². The van der Waals surface area contributed by atoms with E-state index in [0.29, 0.717) is 22.3 Å². The average Bonchev–Trinajstić information content (AvgIpc) is 2.50. The highest BCUT2D eigenvalue weighted by atomic mass is 35.5. The van der Waals surface area contributed by atoms with Crippen LogP contribution >= 0.6 is 23.2 Å². The zero-order valence-electron chi connectivity index (χ0n) is 12.7. The molecule has 1 aliphatic heterocycles. The number of fused-ring (bicyclic) bond motifs is 1. The molecule has 0 unspecified atom stereocenters. The molecule has 22 heavy (non-hydrogen) atoms. The van der Waals surface area contributed by atoms with E-state index >= 15 is 0 Å². The van der Waals surface area contributed by atoms with Crippen LogP contribution in [0.3, 0.4) is 0 Å². The average molecular weight is 341 g/mol. The number of benzene rings is 1. The molecule has 1 saturated heterocycles. The number of amides is 1. The highest BCUT2D eigenvalue weighted by Crippen LogP contribution is 2.36. The van der Waals surface area contributed by atoms with Crippen molar-refractivity contribution < 1.29 is 4.79 Å². The number of hydrogen-bond acceptors (Lipinski definition) is 2. The van der Waals surface area contributed by atoms with Crippen molar-refractivity contribution in [1.29, 1.82) is 0 Å². The molecule has 0 aromatic heterocycles. The van der Waals surface area contributed by atoms with Crippen LogP contribution in [0.2, 0.25) is 10.0 Å². The Labute approximate surface area is 142 Å². The number of piperidine rings is 1. The highest BCUT2D eigenvalue weighted by Gasteiger charge is 2.31. The third-order valence-corrected chi connectivity index (χ3v) is 5.50. The Morgan fingerprint density at radius 3 is 2.73 bits per heavy atom. The Kier molecular flexibility index (Phi) is 5.27. The number of anilines is 1. The third-order valence-electron chi connectivity index (χ3n) is 4.95. The van der Waals surface area contributed by atoms with Crippen molar-refractivity contribution in [2.75, 3.05) is 25.0 Å². The predicted molar refractivity (Wildman–Crippen MR) is 91.6 cm³/mol. The van der Waals surface area contributed by atoms with E-state index in [9.17, 15) is 4.79 Å². The molecule has 1 N–H and O–H groups in total. The van der Waals surface area contributed by atoms with E-state index < -0.39 is 0 Å². The fraction of sp³-hybridized carbons (Fsp3) is 0.588. The second kappa shape index (κ2) is 7.20. The summed E-state index contributed by atoms with van der Waals surface area (Å²) in [4.78, 5) is 14.5. The lowest BCUT2D eigenvalue weighted by molar-refractivity contribution is -0.118. The largest absolute Gasteiger partial charge is 0.324 e. The summed E-state index contributed by atoms with van der Waals surface area (Å²) in [5.74, 6) is 1.67. The van der Waals surface area contributed by atoms with E-state index in [-0.39, 0.29) is 5.91 Å². The number of carbonyl (C=O) groups is 1. The van der Waals surface area contributed by atoms with Crippen molar-refractivity contribution in [3.63, 3.8) is 0 Å². The minimum absolute atomic E-state index is 0.00141. The zero-order chi connectivity index (χ0) is 15.5. The highest BCUT2D eigenvalue weighted by molar-refractivity contribution is 6.36. The smallest absolute Gasteiger partial charge is 0.238 e. The van der Waals surface area contributed by atoms with Crippen molar-refractivity contribution in [3.05, 3.63) is 28.2 Å². The van der Waals surface area contributed by atoms with E-state index in [4.69, 9.17) is 23.2 Å². The van der Waals surface area contributed by atoms with Gasteiger partial charge >= 0.3 is 0 Å². The molecule has 1 aliphatic carbocycles. The van der Waals surface area contributed by atoms with Crippen molar-refractivity contribution in [1.82, 2.24) is 4.90 Å². The second-order valence-electron chi connectivity index (χ2n) is 6.50. The van der Waals surface area contributed by atoms with Crippen LogP contribution in [0.4, 0.5) is 5.69 Å². The van der Waals surface area contributed by atoms with E-state index in [1.165, 1.54) is 32.1 Å². The van der Waals surface area contributed by atoms with Crippen molar-refractivity contribution in [3.8, 4) is 0 Å². The van der Waals surface area contributed by atoms with Gasteiger partial charge < -0.3 is 5.32 Å². The van der Waals surface area contributed by atoms with Gasteiger partial charge in [0.05, 0.1) is 17.3 Å². The molecule has 120 valence electrons. The van der Waals surface area contributed by atoms with Gasteiger partial charge in [-0.05, 0) is 49.4 Å². The molecule has 0 radical (unpaired) electrons. The Morgan fingerprint density at radius 1 is 1.18 bits per heavy atom. The van der Waals surface area contributed by atoms with Gasteiger partial charge in [-0.2, -0.15) is 0 Å². The molecule has 2 atom stereocenters. The maximum Gasteiger partial charge on any atom is 0.238 e. The van der Waals surface area contributed by atoms with Crippen LogP contribution in [0.15, 0.2) is 18.2 Å². The van der Waals surface area contributed by atoms with Crippen LogP contribution in [-0.4, -0.2) is 30.4 Å². The summed E-state index contributed by atoms with van der Waals surface area (Å²) >= 11 is 12.0. The van der Waals surface area contributed by atoms with Gasteiger partial charge in [0, 0.05) is 11.6 Å². The molecule has 0 bridgehead atoms. The minimum Gasteiger partial charge on any atom is -0.324 e. The van der Waals surface area contributed by atoms with E-state index in [1.54, 1.807) is 18.2 Å². The number of halogens is 2. The van der Waals surface area contributed by atoms with Crippen LogP contribution in [0.5, 0.6) is 0 Å². The van der Waals surface area contributed by atoms with Gasteiger partial charge in [0.25, 0.3) is 0 Å². The molecule has 1 aromatic rings. The molecular weight excluding hydrogens is 319 g/mol. The molecule has 2 aliphatic rings. The maximum atomic E-state index is 12.2. The molecule has 1 amide bonds. The summed E-state index contributed by atoms with van der Waals surface area (Å²) in [6, 6.07) is 5.12. The van der Waals surface area contributed by atoms with Crippen LogP contribution in [0, 0.1) is 11.8 Å². The Hall–Kier alpha value is -0.770. The molecule has 3 rings (SSSR count). The van der Waals surface area contributed by atoms with E-state index in [1.807, 2.05) is 0 Å². The number of hydrogen-bond donors (Lipinski definition) is 1. The summed E-state index contributed by atoms with van der Waals surface area (Å²) in [5.41, 5.74) is 0.628. The van der Waals surface area contributed by atoms with Gasteiger partial charge in [0.15, 0.2) is 0 Å². The SMILES string of the molecule is O=C(CN1CC[C@@H]2CCCC[C@H]2C1)Nc1ccc(Cl)cc1Cl. The first-order chi connectivity index (χ1) is 10.6. The molecule has 0 spiro atoms. The summed E-state index contributed by atoms with van der Waals surface area (Å²) < 4.78 is 0. The first kappa shape index (κ1) is 16.1. The molecule has 1 heterocycles. The molecule has 2 fully saturated rings. The molecule has 5 heteroatoms. The van der Waals surface area contributed by atoms with Gasteiger partial charge in [-0.3, -0.25) is 9.69 Å². The quantitative estimate of drug-likeness (QED) is 0.881. The predicted octanol–water partition coefficient (Wildman–Crippen LogP) is 4.44. The second-order valence-corrected chi connectivity index (χ2v) is 7.34. The van der Waals surface area contributed by atoms with Crippen LogP contribution < -0.4 is 5.32 Å². The lowest BCUT2D eigenvalue weighted by Crippen LogP contribution is -2.44. The normalized spacial score (nSPS) is 25.5. The monoisotopic (exact) mass is 340 g/mol. The number of likely N-dealkylation sites (tertiary alicyclic amines) is 1. The minimum atomic E-state index is -0.00141. The summed E-state index contributed by atoms with van der Waals surface area (Å²) in [6.45, 7) is 2.54. The van der Waals surface area contributed by atoms with Gasteiger partial charge in [0.2, 0.25) is 5.91 Å².